The van der Waals surface area contributed by atoms with E-state index >= 15 is 0 Å². The van der Waals surface area contributed by atoms with Gasteiger partial charge in [0.2, 0.25) is 0 Å². The van der Waals surface area contributed by atoms with Gasteiger partial charge < -0.3 is 14.9 Å². The number of aliphatic carboxylic acids is 1. The summed E-state index contributed by atoms with van der Waals surface area (Å²) in [6.07, 6.45) is 0.798. The molecule has 0 unspecified atom stereocenters. The average Bonchev–Trinajstić information content (AvgIpc) is 2.53. The van der Waals surface area contributed by atoms with E-state index in [1.165, 1.54) is 0 Å². The Kier molecular flexibility index (Phi) is 4.88. The number of cyclic esters (lactones) is 1. The molecule has 2 N–H and O–H groups in total. The van der Waals surface area contributed by atoms with Crippen LogP contribution < -0.4 is 0 Å². The molecule has 0 aromatic carbocycles. The number of hydrogen-bond donors (Lipinski definition) is 2. The fraction of sp³-hybridized carbons (Fsp3) is 0.583. The fourth-order valence-corrected chi connectivity index (χ4v) is 1.72. The van der Waals surface area contributed by atoms with E-state index < -0.39 is 41.6 Å². The number of unbranched alkanes of at least 4 members (excludes halogenated alkanes) is 2. The fourth-order valence-electron chi connectivity index (χ4n) is 1.72. The second kappa shape index (κ2) is 6.18. The van der Waals surface area contributed by atoms with E-state index in [0.29, 0.717) is 6.42 Å². The predicted octanol–water partition coefficient (Wildman–Crippen LogP) is 1.35. The van der Waals surface area contributed by atoms with Crippen LogP contribution in [0.4, 0.5) is 0 Å². The van der Waals surface area contributed by atoms with E-state index in [1.807, 2.05) is 6.92 Å². The van der Waals surface area contributed by atoms with Crippen LogP contribution in [0.5, 0.6) is 0 Å². The molecule has 1 aliphatic rings. The number of carbonyl (C=O) groups excluding carboxylic acids is 2. The third-order valence-corrected chi connectivity index (χ3v) is 2.66. The molecule has 0 aromatic rings. The molecule has 1 heterocycles. The zero-order valence-electron chi connectivity index (χ0n) is 10.1. The number of carboxylic acid groups (broad SMARTS) is 1. The zero-order valence-corrected chi connectivity index (χ0v) is 10.1. The lowest BCUT2D eigenvalue weighted by Gasteiger charge is -2.05. The van der Waals surface area contributed by atoms with Gasteiger partial charge in [0.1, 0.15) is 5.57 Å². The Balaban J connectivity index is 2.72. The van der Waals surface area contributed by atoms with Gasteiger partial charge in [-0.3, -0.25) is 9.59 Å². The molecule has 0 saturated carbocycles. The van der Waals surface area contributed by atoms with Crippen LogP contribution in [0.1, 0.15) is 39.0 Å². The minimum atomic E-state index is -1.24. The first-order valence-corrected chi connectivity index (χ1v) is 5.86. The number of aliphatic hydroxyl groups is 1. The van der Waals surface area contributed by atoms with Crippen LogP contribution in [-0.2, 0) is 19.1 Å². The SMILES string of the molecule is CCCCCC(=O)C1=C(O)[C@H](CC(=O)O)OC1=O. The van der Waals surface area contributed by atoms with Crippen LogP contribution in [0.3, 0.4) is 0 Å². The van der Waals surface area contributed by atoms with Gasteiger partial charge in [-0.05, 0) is 6.42 Å². The summed E-state index contributed by atoms with van der Waals surface area (Å²) >= 11 is 0. The summed E-state index contributed by atoms with van der Waals surface area (Å²) in [5.41, 5.74) is -0.391. The number of carbonyl (C=O) groups is 3. The van der Waals surface area contributed by atoms with E-state index in [4.69, 9.17) is 5.11 Å². The standard InChI is InChI=1S/C12H16O6/c1-2-3-4-5-7(13)10-11(16)8(6-9(14)15)18-12(10)17/h8,16H,2-6H2,1H3,(H,14,15)/t8-/m0/s1. The van der Waals surface area contributed by atoms with Gasteiger partial charge >= 0.3 is 11.9 Å². The minimum Gasteiger partial charge on any atom is -0.507 e. The van der Waals surface area contributed by atoms with Gasteiger partial charge in [-0.25, -0.2) is 4.79 Å². The number of esters is 1. The number of aliphatic hydroxyl groups excluding tert-OH is 1. The number of ether oxygens (including phenoxy) is 1. The zero-order chi connectivity index (χ0) is 13.7. The highest BCUT2D eigenvalue weighted by molar-refractivity contribution is 6.19. The summed E-state index contributed by atoms with van der Waals surface area (Å²) in [6, 6.07) is 0. The van der Waals surface area contributed by atoms with Crippen LogP contribution in [0.2, 0.25) is 0 Å². The van der Waals surface area contributed by atoms with Crippen molar-refractivity contribution in [1.29, 1.82) is 0 Å². The molecule has 100 valence electrons. The lowest BCUT2D eigenvalue weighted by atomic mass is 10.0. The Morgan fingerprint density at radius 1 is 1.33 bits per heavy atom. The molecule has 6 nitrogen and oxygen atoms in total. The monoisotopic (exact) mass is 256 g/mol. The molecule has 1 aliphatic heterocycles. The second-order valence-electron chi connectivity index (χ2n) is 4.13. The van der Waals surface area contributed by atoms with Crippen molar-refractivity contribution in [2.45, 2.75) is 45.1 Å². The Morgan fingerprint density at radius 2 is 2.00 bits per heavy atom. The first-order chi connectivity index (χ1) is 8.47. The highest BCUT2D eigenvalue weighted by atomic mass is 16.6. The largest absolute Gasteiger partial charge is 0.507 e. The van der Waals surface area contributed by atoms with Crippen LogP contribution >= 0.6 is 0 Å². The maximum absolute atomic E-state index is 11.7. The summed E-state index contributed by atoms with van der Waals surface area (Å²) < 4.78 is 4.66. The Bertz CT molecular complexity index is 395. The average molecular weight is 256 g/mol. The second-order valence-corrected chi connectivity index (χ2v) is 4.13. The van der Waals surface area contributed by atoms with Crippen molar-refractivity contribution in [1.82, 2.24) is 0 Å². The molecule has 0 spiro atoms. The van der Waals surface area contributed by atoms with E-state index in [1.54, 1.807) is 0 Å². The van der Waals surface area contributed by atoms with Gasteiger partial charge in [0.15, 0.2) is 17.6 Å². The van der Waals surface area contributed by atoms with Gasteiger partial charge in [0.25, 0.3) is 0 Å². The van der Waals surface area contributed by atoms with Gasteiger partial charge in [0.05, 0.1) is 6.42 Å². The van der Waals surface area contributed by atoms with Crippen LogP contribution in [0.15, 0.2) is 11.3 Å². The molecule has 1 rings (SSSR count). The van der Waals surface area contributed by atoms with Crippen molar-refractivity contribution in [3.8, 4) is 0 Å². The van der Waals surface area contributed by atoms with Crippen molar-refractivity contribution in [2.24, 2.45) is 0 Å². The number of rotatable bonds is 7. The first kappa shape index (κ1) is 14.2. The number of carboxylic acids is 1. The number of Topliss-reactive ketones (excluding diaryl/α,β-unsaturated/α-hetero) is 1. The molecule has 0 amide bonds. The maximum Gasteiger partial charge on any atom is 0.346 e. The van der Waals surface area contributed by atoms with Gasteiger partial charge in [-0.15, -0.1) is 0 Å². The van der Waals surface area contributed by atoms with Gasteiger partial charge in [-0.2, -0.15) is 0 Å². The lowest BCUT2D eigenvalue weighted by Crippen LogP contribution is -2.16. The topological polar surface area (TPSA) is 101 Å². The summed E-state index contributed by atoms with van der Waals surface area (Å²) in [6.45, 7) is 1.98. The summed E-state index contributed by atoms with van der Waals surface area (Å²) in [7, 11) is 0. The predicted molar refractivity (Wildman–Crippen MR) is 60.9 cm³/mol. The normalized spacial score (nSPS) is 18.9. The third kappa shape index (κ3) is 3.32. The molecule has 1 atom stereocenters. The summed E-state index contributed by atoms with van der Waals surface area (Å²) in [4.78, 5) is 33.6. The molecule has 0 saturated heterocycles. The van der Waals surface area contributed by atoms with Crippen molar-refractivity contribution in [3.63, 3.8) is 0 Å². The Hall–Kier alpha value is -1.85. The summed E-state index contributed by atoms with van der Waals surface area (Å²) in [5.74, 6) is -3.18. The van der Waals surface area contributed by atoms with Gasteiger partial charge in [0, 0.05) is 6.42 Å². The van der Waals surface area contributed by atoms with Gasteiger partial charge in [-0.1, -0.05) is 19.8 Å². The highest BCUT2D eigenvalue weighted by Gasteiger charge is 2.38. The van der Waals surface area contributed by atoms with Crippen LogP contribution in [0, 0.1) is 0 Å². The lowest BCUT2D eigenvalue weighted by molar-refractivity contribution is -0.145. The summed E-state index contributed by atoms with van der Waals surface area (Å²) in [5, 5.41) is 18.2. The van der Waals surface area contributed by atoms with Crippen molar-refractivity contribution >= 4 is 17.7 Å². The van der Waals surface area contributed by atoms with Crippen LogP contribution in [0.25, 0.3) is 0 Å². The third-order valence-electron chi connectivity index (χ3n) is 2.66. The molecule has 0 aromatic heterocycles. The van der Waals surface area contributed by atoms with E-state index in [2.05, 4.69) is 4.74 Å². The van der Waals surface area contributed by atoms with Crippen molar-refractivity contribution in [2.75, 3.05) is 0 Å². The number of hydrogen-bond acceptors (Lipinski definition) is 5. The maximum atomic E-state index is 11.7. The molecule has 0 aliphatic carbocycles. The van der Waals surface area contributed by atoms with Crippen LogP contribution in [-0.4, -0.2) is 34.0 Å². The molecule has 0 radical (unpaired) electrons. The molecule has 0 bridgehead atoms. The minimum absolute atomic E-state index is 0.155. The highest BCUT2D eigenvalue weighted by Crippen LogP contribution is 2.25. The van der Waals surface area contributed by atoms with E-state index in [9.17, 15) is 19.5 Å². The van der Waals surface area contributed by atoms with Crippen molar-refractivity contribution in [3.05, 3.63) is 11.3 Å². The number of ketones is 1. The molecule has 0 fully saturated rings. The quantitative estimate of drug-likeness (QED) is 0.405. The Morgan fingerprint density at radius 3 is 2.56 bits per heavy atom. The van der Waals surface area contributed by atoms with E-state index in [-0.39, 0.29) is 6.42 Å². The first-order valence-electron chi connectivity index (χ1n) is 5.86. The van der Waals surface area contributed by atoms with Crippen molar-refractivity contribution < 1.29 is 29.3 Å². The molecule has 6 heteroatoms. The van der Waals surface area contributed by atoms with E-state index in [0.717, 1.165) is 12.8 Å². The molecular formula is C12H16O6. The Labute approximate surface area is 104 Å². The molecular weight excluding hydrogens is 240 g/mol. The smallest absolute Gasteiger partial charge is 0.346 e. The molecule has 18 heavy (non-hydrogen) atoms.